The van der Waals surface area contributed by atoms with Crippen molar-refractivity contribution in [1.29, 1.82) is 0 Å². The number of hydrogen-bond donors (Lipinski definition) is 9. The third kappa shape index (κ3) is 11.4. The van der Waals surface area contributed by atoms with E-state index in [1.54, 1.807) is 6.92 Å². The summed E-state index contributed by atoms with van der Waals surface area (Å²) in [6.07, 6.45) is -4.21. The van der Waals surface area contributed by atoms with Crippen molar-refractivity contribution < 1.29 is 76.7 Å². The number of phosphoric ester groups is 1. The summed E-state index contributed by atoms with van der Waals surface area (Å²) in [5.41, 5.74) is 8.93. The first-order valence-corrected chi connectivity index (χ1v) is 13.9. The molecule has 37 heavy (non-hydrogen) atoms. The summed E-state index contributed by atoms with van der Waals surface area (Å²) in [7, 11) is -5.43. The summed E-state index contributed by atoms with van der Waals surface area (Å²) >= 11 is 0. The summed E-state index contributed by atoms with van der Waals surface area (Å²) in [6, 6.07) is -1.83. The molecule has 13 N–H and O–H groups in total. The van der Waals surface area contributed by atoms with E-state index in [-0.39, 0.29) is 12.1 Å². The number of nitrogens with two attached hydrogens (primary N) is 2. The SMILES string of the molecule is O.O=O.[B][C@@H]1O[C@H](CO)[C@@H](O)[C@@]1(C)N.[B][C@@H]1O[C@H](COP(=O)(O)OP(=O)(O)OP(=O)(O)O)[C@@H](O)[C@@]1(C)N. The van der Waals surface area contributed by atoms with Crippen LogP contribution in [0, 0.1) is 9.93 Å². The van der Waals surface area contributed by atoms with E-state index in [1.165, 1.54) is 6.92 Å². The number of aliphatic hydroxyl groups excluding tert-OH is 3. The molecule has 2 aliphatic rings. The van der Waals surface area contributed by atoms with Gasteiger partial charge in [0.05, 0.1) is 24.3 Å². The third-order valence-electron chi connectivity index (χ3n) is 4.85. The highest BCUT2D eigenvalue weighted by Gasteiger charge is 2.49. The Morgan fingerprint density at radius 1 is 0.838 bits per heavy atom. The van der Waals surface area contributed by atoms with Gasteiger partial charge in [0, 0.05) is 21.9 Å². The number of aliphatic hydroxyl groups is 3. The Morgan fingerprint density at radius 3 is 1.49 bits per heavy atom. The highest BCUT2D eigenvalue weighted by atomic mass is 31.3. The average Bonchev–Trinajstić information content (AvgIpc) is 3.03. The van der Waals surface area contributed by atoms with Gasteiger partial charge in [-0.3, -0.25) is 4.52 Å². The molecule has 0 aromatic rings. The molecule has 2 rings (SSSR count). The van der Waals surface area contributed by atoms with E-state index in [2.05, 4.69) is 13.1 Å². The largest absolute Gasteiger partial charge is 0.490 e. The van der Waals surface area contributed by atoms with Gasteiger partial charge in [-0.05, 0) is 13.8 Å². The van der Waals surface area contributed by atoms with Crippen LogP contribution in [0.2, 0.25) is 0 Å². The first kappa shape index (κ1) is 39.0. The second kappa shape index (κ2) is 14.5. The molecule has 0 saturated carbocycles. The fourth-order valence-electron chi connectivity index (χ4n) is 2.70. The highest BCUT2D eigenvalue weighted by molar-refractivity contribution is 7.66. The molecule has 25 heteroatoms. The highest BCUT2D eigenvalue weighted by Crippen LogP contribution is 2.66. The lowest BCUT2D eigenvalue weighted by Gasteiger charge is -2.26. The standard InChI is InChI=1S/C6H15BNO12P3.C6H12BNO3.O2.H2O/c1-6(8)4(9)3(18-5(6)7)2-17-22(13,14)20-23(15,16)19-21(10,11)12;1-6(8)4(10)3(2-9)11-5(6)7;1-2;/h3-5,9H,2,8H2,1H3,(H,13,14)(H,15,16)(H2,10,11,12);3-5,9-10H,2,8H2,1H3;;1H2/t2*3-,4-,5-,6-;;/m11../s1. The first-order valence-electron chi connectivity index (χ1n) is 9.37. The minimum atomic E-state index is -5.60. The van der Waals surface area contributed by atoms with Crippen molar-refractivity contribution >= 4 is 39.2 Å². The van der Waals surface area contributed by atoms with Gasteiger partial charge < -0.3 is 61.3 Å². The van der Waals surface area contributed by atoms with Gasteiger partial charge in [-0.1, -0.05) is 0 Å². The predicted octanol–water partition coefficient (Wildman–Crippen LogP) is -4.51. The molecular weight excluding hydrogens is 575 g/mol. The first-order chi connectivity index (χ1) is 16.1. The molecule has 10 atom stereocenters. The van der Waals surface area contributed by atoms with Gasteiger partial charge >= 0.3 is 23.5 Å². The molecule has 0 bridgehead atoms. The van der Waals surface area contributed by atoms with Crippen LogP contribution in [-0.2, 0) is 36.3 Å². The van der Waals surface area contributed by atoms with E-state index in [4.69, 9.17) is 66.3 Å². The van der Waals surface area contributed by atoms with Crippen LogP contribution in [0.1, 0.15) is 13.8 Å². The van der Waals surface area contributed by atoms with Gasteiger partial charge in [-0.2, -0.15) is 8.62 Å². The van der Waals surface area contributed by atoms with Gasteiger partial charge in [0.15, 0.2) is 0 Å². The van der Waals surface area contributed by atoms with Crippen LogP contribution in [-0.4, -0.2) is 117 Å². The maximum atomic E-state index is 11.5. The molecule has 0 aliphatic carbocycles. The van der Waals surface area contributed by atoms with Crippen molar-refractivity contribution in [1.82, 2.24) is 0 Å². The smallest absolute Gasteiger partial charge is 0.412 e. The van der Waals surface area contributed by atoms with Crippen molar-refractivity contribution in [2.24, 2.45) is 11.5 Å². The molecule has 2 unspecified atom stereocenters. The van der Waals surface area contributed by atoms with Crippen LogP contribution in [0.15, 0.2) is 0 Å². The van der Waals surface area contributed by atoms with Gasteiger partial charge in [-0.25, -0.2) is 13.7 Å². The zero-order chi connectivity index (χ0) is 28.9. The van der Waals surface area contributed by atoms with Crippen LogP contribution in [0.3, 0.4) is 0 Å². The number of ether oxygens (including phenoxy) is 2. The van der Waals surface area contributed by atoms with Crippen LogP contribution in [0.5, 0.6) is 0 Å². The Bertz CT molecular complexity index is 862. The van der Waals surface area contributed by atoms with E-state index in [9.17, 15) is 28.8 Å². The molecule has 2 fully saturated rings. The van der Waals surface area contributed by atoms with E-state index in [0.717, 1.165) is 0 Å². The minimum absolute atomic E-state index is 0. The van der Waals surface area contributed by atoms with Crippen molar-refractivity contribution in [2.75, 3.05) is 13.2 Å². The Labute approximate surface area is 212 Å². The van der Waals surface area contributed by atoms with E-state index in [0.29, 0.717) is 0 Å². The quantitative estimate of drug-likeness (QED) is 0.0931. The molecule has 0 amide bonds. The summed E-state index contributed by atoms with van der Waals surface area (Å²) in [5.74, 6) is 0. The fourth-order valence-corrected chi connectivity index (χ4v) is 5.73. The van der Waals surface area contributed by atoms with Crippen molar-refractivity contribution in [2.45, 2.75) is 61.3 Å². The van der Waals surface area contributed by atoms with Crippen LogP contribution < -0.4 is 11.5 Å². The van der Waals surface area contributed by atoms with Crippen LogP contribution in [0.4, 0.5) is 0 Å². The predicted molar refractivity (Wildman–Crippen MR) is 123 cm³/mol. The second-order valence-corrected chi connectivity index (χ2v) is 12.3. The average molecular weight is 604 g/mol. The summed E-state index contributed by atoms with van der Waals surface area (Å²) in [4.78, 5) is 48.9. The number of hydrogen-bond acceptors (Lipinski definition) is 15. The normalized spacial score (nSPS) is 38.6. The second-order valence-electron chi connectivity index (χ2n) is 7.88. The molecule has 0 aromatic carbocycles. The van der Waals surface area contributed by atoms with Gasteiger partial charge in [0.1, 0.15) is 40.1 Å². The molecule has 20 nitrogen and oxygen atoms in total. The van der Waals surface area contributed by atoms with E-state index < -0.39 is 77.6 Å². The molecule has 2 saturated heterocycles. The number of phosphoric acid groups is 3. The molecule has 2 heterocycles. The zero-order valence-corrected chi connectivity index (χ0v) is 21.9. The molecule has 0 aromatic heterocycles. The summed E-state index contributed by atoms with van der Waals surface area (Å²) < 4.78 is 54.3. The molecule has 2 aliphatic heterocycles. The lowest BCUT2D eigenvalue weighted by atomic mass is 9.80. The Hall–Kier alpha value is -0.180. The monoisotopic (exact) mass is 604 g/mol. The molecule has 4 radical (unpaired) electrons. The van der Waals surface area contributed by atoms with E-state index in [1.807, 2.05) is 0 Å². The van der Waals surface area contributed by atoms with Crippen LogP contribution >= 0.6 is 23.5 Å². The lowest BCUT2D eigenvalue weighted by Crippen LogP contribution is -2.54. The number of rotatable bonds is 8. The topological polar surface area (TPSA) is 357 Å². The third-order valence-corrected chi connectivity index (χ3v) is 8.65. The van der Waals surface area contributed by atoms with Crippen molar-refractivity contribution in [3.63, 3.8) is 0 Å². The Kier molecular flexibility index (Phi) is 15.2. The minimum Gasteiger partial charge on any atom is -0.412 e. The van der Waals surface area contributed by atoms with E-state index >= 15 is 0 Å². The maximum absolute atomic E-state index is 11.5. The Morgan fingerprint density at radius 2 is 1.22 bits per heavy atom. The van der Waals surface area contributed by atoms with Crippen molar-refractivity contribution in [3.8, 4) is 0 Å². The van der Waals surface area contributed by atoms with Crippen molar-refractivity contribution in [3.05, 3.63) is 9.93 Å². The zero-order valence-electron chi connectivity index (χ0n) is 19.2. The molecule has 216 valence electrons. The maximum Gasteiger partial charge on any atom is 0.490 e. The molecule has 0 spiro atoms. The van der Waals surface area contributed by atoms with Gasteiger partial charge in [0.25, 0.3) is 0 Å². The van der Waals surface area contributed by atoms with Gasteiger partial charge in [0.2, 0.25) is 0 Å². The fraction of sp³-hybridized carbons (Fsp3) is 1.00. The van der Waals surface area contributed by atoms with Gasteiger partial charge in [-0.15, -0.1) is 0 Å². The Balaban J connectivity index is 0. The van der Waals surface area contributed by atoms with Crippen LogP contribution in [0.25, 0.3) is 0 Å². The summed E-state index contributed by atoms with van der Waals surface area (Å²) in [5, 5.41) is 27.9. The lowest BCUT2D eigenvalue weighted by molar-refractivity contribution is -0.00549. The summed E-state index contributed by atoms with van der Waals surface area (Å²) in [6.45, 7) is 1.86. The molecular formula is C12H29B2N2O18P3.